The summed E-state index contributed by atoms with van der Waals surface area (Å²) in [6.45, 7) is 3.31. The fourth-order valence-corrected chi connectivity index (χ4v) is 4.79. The van der Waals surface area contributed by atoms with Crippen molar-refractivity contribution in [1.82, 2.24) is 19.6 Å². The SMILES string of the molecule is CC(=O)OCC1=C(C(=O)O)N2C(=O)[C@@H](NC(=O)C(=NOCC(C)(C)C(=O)O)c3nsc(N)n3)[C@H]2SC1. The van der Waals surface area contributed by atoms with E-state index in [9.17, 15) is 34.2 Å². The molecule has 1 fully saturated rings. The molecule has 3 rings (SSSR count). The Hall–Kier alpha value is -3.73. The summed E-state index contributed by atoms with van der Waals surface area (Å²) in [5, 5.41) is 24.3. The first-order valence-corrected chi connectivity index (χ1v) is 12.0. The monoisotopic (exact) mass is 542 g/mol. The summed E-state index contributed by atoms with van der Waals surface area (Å²) in [5.41, 5.74) is 3.77. The number of thioether (sulfide) groups is 1. The fourth-order valence-electron chi connectivity index (χ4n) is 3.03. The second-order valence-corrected chi connectivity index (χ2v) is 10.1. The van der Waals surface area contributed by atoms with Crippen LogP contribution in [0.4, 0.5) is 5.13 Å². The molecule has 1 aromatic rings. The van der Waals surface area contributed by atoms with Gasteiger partial charge in [-0.25, -0.2) is 4.79 Å². The topological polar surface area (TPSA) is 224 Å². The molecular formula is C19H22N6O9S2. The molecule has 0 spiro atoms. The summed E-state index contributed by atoms with van der Waals surface area (Å²) >= 11 is 1.96. The Balaban J connectivity index is 1.78. The van der Waals surface area contributed by atoms with E-state index in [1.165, 1.54) is 32.5 Å². The maximum atomic E-state index is 13.0. The van der Waals surface area contributed by atoms with Crippen LogP contribution >= 0.6 is 23.3 Å². The molecule has 1 saturated heterocycles. The number of esters is 1. The lowest BCUT2D eigenvalue weighted by molar-refractivity contribution is -0.150. The molecule has 2 aliphatic rings. The van der Waals surface area contributed by atoms with Gasteiger partial charge in [-0.2, -0.15) is 9.36 Å². The normalized spacial score (nSPS) is 19.8. The van der Waals surface area contributed by atoms with E-state index in [-0.39, 0.29) is 41.2 Å². The lowest BCUT2D eigenvalue weighted by atomic mass is 9.96. The minimum Gasteiger partial charge on any atom is -0.481 e. The van der Waals surface area contributed by atoms with Gasteiger partial charge >= 0.3 is 17.9 Å². The molecule has 2 atom stereocenters. The zero-order chi connectivity index (χ0) is 26.8. The number of oxime groups is 1. The van der Waals surface area contributed by atoms with Crippen molar-refractivity contribution in [2.24, 2.45) is 10.6 Å². The molecular weight excluding hydrogens is 520 g/mol. The zero-order valence-corrected chi connectivity index (χ0v) is 20.8. The number of anilines is 1. The fraction of sp³-hybridized carbons (Fsp3) is 0.474. The number of rotatable bonds is 10. The van der Waals surface area contributed by atoms with Gasteiger partial charge in [0.15, 0.2) is 5.13 Å². The molecule has 5 N–H and O–H groups in total. The number of carboxylic acids is 2. The van der Waals surface area contributed by atoms with Gasteiger partial charge in [-0.05, 0) is 13.8 Å². The van der Waals surface area contributed by atoms with Crippen molar-refractivity contribution in [2.45, 2.75) is 32.2 Å². The average Bonchev–Trinajstić information content (AvgIpc) is 3.23. The third-order valence-corrected chi connectivity index (χ3v) is 6.90. The predicted octanol–water partition coefficient (Wildman–Crippen LogP) is -0.746. The lowest BCUT2D eigenvalue weighted by Crippen LogP contribution is -2.71. The van der Waals surface area contributed by atoms with E-state index in [0.29, 0.717) is 0 Å². The highest BCUT2D eigenvalue weighted by molar-refractivity contribution is 8.00. The van der Waals surface area contributed by atoms with E-state index in [1.807, 2.05) is 0 Å². The molecule has 15 nitrogen and oxygen atoms in total. The number of β-lactam (4-membered cyclic amide) rings is 1. The van der Waals surface area contributed by atoms with Crippen LogP contribution in [0.2, 0.25) is 0 Å². The van der Waals surface area contributed by atoms with E-state index < -0.39 is 52.3 Å². The first kappa shape index (κ1) is 26.9. The second kappa shape index (κ2) is 10.5. The molecule has 2 aliphatic heterocycles. The van der Waals surface area contributed by atoms with Gasteiger partial charge in [-0.1, -0.05) is 5.16 Å². The molecule has 0 saturated carbocycles. The Morgan fingerprint density at radius 3 is 2.56 bits per heavy atom. The summed E-state index contributed by atoms with van der Waals surface area (Å²) in [6.07, 6.45) is 0. The van der Waals surface area contributed by atoms with Crippen molar-refractivity contribution in [1.29, 1.82) is 0 Å². The molecule has 194 valence electrons. The highest BCUT2D eigenvalue weighted by Crippen LogP contribution is 2.40. The van der Waals surface area contributed by atoms with Crippen molar-refractivity contribution in [3.8, 4) is 0 Å². The summed E-state index contributed by atoms with van der Waals surface area (Å²) in [7, 11) is 0. The van der Waals surface area contributed by atoms with Gasteiger partial charge in [0, 0.05) is 29.8 Å². The number of carbonyl (C=O) groups is 5. The number of hydrogen-bond donors (Lipinski definition) is 4. The zero-order valence-electron chi connectivity index (χ0n) is 19.2. The molecule has 3 heterocycles. The van der Waals surface area contributed by atoms with E-state index in [0.717, 1.165) is 16.4 Å². The largest absolute Gasteiger partial charge is 0.481 e. The first-order chi connectivity index (χ1) is 16.8. The summed E-state index contributed by atoms with van der Waals surface area (Å²) in [6, 6.07) is -1.11. The van der Waals surface area contributed by atoms with Crippen LogP contribution < -0.4 is 11.1 Å². The van der Waals surface area contributed by atoms with Gasteiger partial charge in [-0.15, -0.1) is 11.8 Å². The number of nitrogens with one attached hydrogen (secondary N) is 1. The van der Waals surface area contributed by atoms with E-state index >= 15 is 0 Å². The number of carbonyl (C=O) groups excluding carboxylic acids is 3. The number of amides is 2. The molecule has 0 aromatic carbocycles. The van der Waals surface area contributed by atoms with E-state index in [1.54, 1.807) is 0 Å². The van der Waals surface area contributed by atoms with Crippen molar-refractivity contribution < 1.29 is 43.8 Å². The number of nitrogens with two attached hydrogens (primary N) is 1. The van der Waals surface area contributed by atoms with Gasteiger partial charge in [0.2, 0.25) is 11.5 Å². The van der Waals surface area contributed by atoms with E-state index in [2.05, 4.69) is 19.8 Å². The first-order valence-electron chi connectivity index (χ1n) is 10.2. The van der Waals surface area contributed by atoms with Crippen molar-refractivity contribution >= 4 is 63.9 Å². The van der Waals surface area contributed by atoms with Crippen molar-refractivity contribution in [3.05, 3.63) is 17.1 Å². The molecule has 1 aromatic heterocycles. The van der Waals surface area contributed by atoms with Gasteiger partial charge < -0.3 is 30.8 Å². The molecule has 0 unspecified atom stereocenters. The van der Waals surface area contributed by atoms with Crippen LogP contribution in [0.5, 0.6) is 0 Å². The number of aliphatic carboxylic acids is 2. The molecule has 36 heavy (non-hydrogen) atoms. The molecule has 0 radical (unpaired) electrons. The standard InChI is InChI=1S/C19H22N6O9S2/c1-7(26)33-4-8-5-35-15-10(14(28)25(15)11(8)16(29)30)21-13(27)9(12-22-18(20)36-24-12)23-34-6-19(2,3)17(31)32/h10,15H,4-6H2,1-3H3,(H,21,27)(H,29,30)(H,31,32)(H2,20,22,24)/t10-,15-/m1/s1. The highest BCUT2D eigenvalue weighted by Gasteiger charge is 2.54. The highest BCUT2D eigenvalue weighted by atomic mass is 32.2. The van der Waals surface area contributed by atoms with Crippen LogP contribution in [0, 0.1) is 5.41 Å². The minimum absolute atomic E-state index is 0.0293. The smallest absolute Gasteiger partial charge is 0.352 e. The van der Waals surface area contributed by atoms with Crippen LogP contribution in [0.15, 0.2) is 16.4 Å². The maximum Gasteiger partial charge on any atom is 0.352 e. The second-order valence-electron chi connectivity index (χ2n) is 8.26. The molecule has 0 bridgehead atoms. The Morgan fingerprint density at radius 1 is 1.31 bits per heavy atom. The number of hydrogen-bond acceptors (Lipinski definition) is 13. The predicted molar refractivity (Wildman–Crippen MR) is 125 cm³/mol. The van der Waals surface area contributed by atoms with Gasteiger partial charge in [0.1, 0.15) is 30.3 Å². The Kier molecular flexibility index (Phi) is 7.83. The molecule has 0 aliphatic carbocycles. The number of nitrogen functional groups attached to an aromatic ring is 1. The van der Waals surface area contributed by atoms with Crippen LogP contribution in [0.25, 0.3) is 0 Å². The molecule has 2 amide bonds. The number of ether oxygens (including phenoxy) is 1. The Labute approximate surface area is 211 Å². The van der Waals surface area contributed by atoms with Crippen LogP contribution in [0.1, 0.15) is 26.6 Å². The van der Waals surface area contributed by atoms with Crippen molar-refractivity contribution in [2.75, 3.05) is 24.7 Å². The number of carboxylic acid groups (broad SMARTS) is 2. The number of aromatic nitrogens is 2. The maximum absolute atomic E-state index is 13.0. The summed E-state index contributed by atoms with van der Waals surface area (Å²) in [4.78, 5) is 70.0. The minimum atomic E-state index is -1.38. The Morgan fingerprint density at radius 2 is 2.00 bits per heavy atom. The van der Waals surface area contributed by atoms with Crippen LogP contribution in [-0.2, 0) is 33.5 Å². The summed E-state index contributed by atoms with van der Waals surface area (Å²) in [5.74, 6) is -4.78. The third kappa shape index (κ3) is 5.56. The van der Waals surface area contributed by atoms with E-state index in [4.69, 9.17) is 15.3 Å². The van der Waals surface area contributed by atoms with Crippen molar-refractivity contribution in [3.63, 3.8) is 0 Å². The van der Waals surface area contributed by atoms with Crippen LogP contribution in [0.3, 0.4) is 0 Å². The van der Waals surface area contributed by atoms with Gasteiger partial charge in [0.05, 0.1) is 5.41 Å². The Bertz CT molecular complexity index is 1180. The third-order valence-electron chi connectivity index (χ3n) is 5.01. The lowest BCUT2D eigenvalue weighted by Gasteiger charge is -2.49. The quantitative estimate of drug-likeness (QED) is 0.124. The number of nitrogens with zero attached hydrogens (tertiary/aromatic N) is 4. The van der Waals surface area contributed by atoms with Crippen LogP contribution in [-0.4, -0.2) is 90.3 Å². The molecule has 17 heteroatoms. The number of fused-ring (bicyclic) bond motifs is 1. The van der Waals surface area contributed by atoms with Gasteiger partial charge in [0.25, 0.3) is 11.8 Å². The summed E-state index contributed by atoms with van der Waals surface area (Å²) < 4.78 is 8.79. The average molecular weight is 543 g/mol. The van der Waals surface area contributed by atoms with Gasteiger partial charge in [-0.3, -0.25) is 24.1 Å².